The van der Waals surface area contributed by atoms with Crippen molar-refractivity contribution in [3.05, 3.63) is 146 Å². The Labute approximate surface area is 273 Å². The van der Waals surface area contributed by atoms with Gasteiger partial charge in [0.15, 0.2) is 0 Å². The summed E-state index contributed by atoms with van der Waals surface area (Å²) in [5.74, 6) is 0. The first-order chi connectivity index (χ1) is 20.2. The summed E-state index contributed by atoms with van der Waals surface area (Å²) in [6, 6.07) is 42.8. The maximum absolute atomic E-state index is 10.7. The Morgan fingerprint density at radius 3 is 0.705 bits per heavy atom. The van der Waals surface area contributed by atoms with E-state index >= 15 is 0 Å². The van der Waals surface area contributed by atoms with Crippen LogP contribution < -0.4 is 21.2 Å². The topological polar surface area (TPSA) is 0 Å². The molecule has 1 radical (unpaired) electrons. The van der Waals surface area contributed by atoms with Gasteiger partial charge in [-0.15, -0.1) is 0 Å². The third-order valence-corrected chi connectivity index (χ3v) is 10.2. The Hall–Kier alpha value is -2.12. The molecule has 4 aromatic rings. The van der Waals surface area contributed by atoms with Crippen LogP contribution >= 0.6 is 23.7 Å². The summed E-state index contributed by atoms with van der Waals surface area (Å²) in [4.78, 5) is 0. The molecule has 0 fully saturated rings. The maximum atomic E-state index is 9.87. The first kappa shape index (κ1) is 39.9. The third kappa shape index (κ3) is 20.8. The molecule has 0 bridgehead atoms. The van der Waals surface area contributed by atoms with Crippen molar-refractivity contribution in [1.29, 1.82) is 0 Å². The van der Waals surface area contributed by atoms with Crippen LogP contribution in [0, 0.1) is 0 Å². The Kier molecular flexibility index (Phi) is 17.0. The van der Waals surface area contributed by atoms with Crippen LogP contribution in [0.2, 0.25) is 0 Å². The fourth-order valence-electron chi connectivity index (χ4n) is 3.76. The molecule has 0 saturated heterocycles. The van der Waals surface area contributed by atoms with Gasteiger partial charge in [-0.25, -0.2) is 0 Å². The summed E-state index contributed by atoms with van der Waals surface area (Å²) in [6.45, 7) is 4.61. The first-order valence-corrected chi connectivity index (χ1v) is 19.4. The van der Waals surface area contributed by atoms with E-state index in [2.05, 4.69) is 159 Å². The van der Waals surface area contributed by atoms with Crippen molar-refractivity contribution < 1.29 is 45.3 Å². The molecule has 0 aromatic heterocycles. The zero-order valence-corrected chi connectivity index (χ0v) is 29.7. The summed E-state index contributed by atoms with van der Waals surface area (Å²) in [6.07, 6.45) is 14.0. The van der Waals surface area contributed by atoms with E-state index in [-0.39, 0.29) is 35.9 Å². The fourth-order valence-corrected chi connectivity index (χ4v) is 6.83. The van der Waals surface area contributed by atoms with Crippen molar-refractivity contribution in [2.75, 3.05) is 13.3 Å². The van der Waals surface area contributed by atoms with Crippen LogP contribution in [-0.4, -0.2) is 13.3 Å². The van der Waals surface area contributed by atoms with Crippen LogP contribution in [0.4, 0.5) is 25.2 Å². The summed E-state index contributed by atoms with van der Waals surface area (Å²) in [5.41, 5.74) is 0. The monoisotopic (exact) mass is 846 g/mol. The van der Waals surface area contributed by atoms with Gasteiger partial charge in [0.1, 0.15) is 0 Å². The van der Waals surface area contributed by atoms with E-state index in [0.29, 0.717) is 0 Å². The van der Waals surface area contributed by atoms with Gasteiger partial charge in [0, 0.05) is 20.1 Å². The Morgan fingerprint density at radius 2 is 0.545 bits per heavy atom. The predicted octanol–water partition coefficient (Wildman–Crippen LogP) is 11.6. The molecule has 1 aliphatic carbocycles. The minimum absolute atomic E-state index is 0. The predicted molar refractivity (Wildman–Crippen MR) is 180 cm³/mol. The molecule has 0 nitrogen and oxygen atoms in total. The van der Waals surface area contributed by atoms with Crippen molar-refractivity contribution in [3.63, 3.8) is 0 Å². The average molecular weight is 846 g/mol. The molecule has 0 heterocycles. The van der Waals surface area contributed by atoms with E-state index in [0.717, 1.165) is 0 Å². The second-order valence-corrected chi connectivity index (χ2v) is 15.7. The van der Waals surface area contributed by atoms with Crippen molar-refractivity contribution in [2.45, 2.75) is 25.7 Å². The number of rotatable bonds is 4. The molecule has 4 aromatic carbocycles. The molecular formula is C34H38F6IrP3-. The number of hydrogen-bond donors (Lipinski definition) is 0. The van der Waals surface area contributed by atoms with Gasteiger partial charge in [0.2, 0.25) is 0 Å². The molecule has 241 valence electrons. The largest absolute Gasteiger partial charge is 0 e. The Balaban J connectivity index is 0.000000305. The van der Waals surface area contributed by atoms with E-state index < -0.39 is 7.81 Å². The molecule has 5 rings (SSSR count). The second-order valence-electron chi connectivity index (χ2n) is 9.52. The number of benzene rings is 4. The van der Waals surface area contributed by atoms with Gasteiger partial charge in [-0.3, -0.25) is 0 Å². The van der Waals surface area contributed by atoms with Crippen LogP contribution in [0.5, 0.6) is 0 Å². The smallest absolute Gasteiger partial charge is 0 e. The summed E-state index contributed by atoms with van der Waals surface area (Å²) in [5, 5.41) is 5.75. The van der Waals surface area contributed by atoms with Crippen LogP contribution in [0.15, 0.2) is 146 Å². The van der Waals surface area contributed by atoms with Crippen LogP contribution in [0.3, 0.4) is 0 Å². The molecule has 0 N–H and O–H groups in total. The van der Waals surface area contributed by atoms with Crippen LogP contribution in [0.1, 0.15) is 25.7 Å². The van der Waals surface area contributed by atoms with Crippen molar-refractivity contribution in [3.8, 4) is 0 Å². The standard InChI is InChI=1S/2C13H13P.C8H12.F6P.Ir/c2*1-14(12-8-4-2-5-9-12)13-10-6-3-7-11-13;1-2-4-6-8-7-5-3-1;1-7(2,3,4,5)6;/h2*2-11H,1H3;1-2,7-8H,3-6H2;;/q;;;-1;. The van der Waals surface area contributed by atoms with Gasteiger partial charge < -0.3 is 0 Å². The summed E-state index contributed by atoms with van der Waals surface area (Å²) < 4.78 is 59.2. The average Bonchev–Trinajstić information content (AvgIpc) is 2.97. The van der Waals surface area contributed by atoms with E-state index in [1.54, 1.807) is 0 Å². The summed E-state index contributed by atoms with van der Waals surface area (Å²) in [7, 11) is -11.0. The van der Waals surface area contributed by atoms with E-state index in [1.165, 1.54) is 46.9 Å². The Bertz CT molecular complexity index is 1170. The summed E-state index contributed by atoms with van der Waals surface area (Å²) >= 11 is 0. The van der Waals surface area contributed by atoms with Crippen molar-refractivity contribution in [1.82, 2.24) is 0 Å². The van der Waals surface area contributed by atoms with Gasteiger partial charge >= 0.3 is 33.0 Å². The second kappa shape index (κ2) is 18.8. The minimum Gasteiger partial charge on any atom is 0 e. The quantitative estimate of drug-likeness (QED) is 0.109. The molecule has 44 heavy (non-hydrogen) atoms. The normalized spacial score (nSPS) is 14.0. The zero-order chi connectivity index (χ0) is 31.7. The van der Waals surface area contributed by atoms with Crippen molar-refractivity contribution in [2.24, 2.45) is 0 Å². The molecule has 0 unspecified atom stereocenters. The number of hydrogen-bond acceptors (Lipinski definition) is 0. The molecule has 0 spiro atoms. The third-order valence-electron chi connectivity index (χ3n) is 5.91. The molecule has 1 aliphatic rings. The molecular weight excluding hydrogens is 808 g/mol. The zero-order valence-electron chi connectivity index (χ0n) is 24.6. The van der Waals surface area contributed by atoms with Gasteiger partial charge in [0.05, 0.1) is 0 Å². The molecule has 0 saturated carbocycles. The van der Waals surface area contributed by atoms with Crippen LogP contribution in [-0.2, 0) is 20.1 Å². The van der Waals surface area contributed by atoms with Gasteiger partial charge in [-0.1, -0.05) is 146 Å². The minimum atomic E-state index is -10.7. The number of halogens is 6. The SMILES string of the molecule is C1=CCCC=CCC1.CP(c1ccccc1)c1ccccc1.CP(c1ccccc1)c1ccccc1.F[P-](F)(F)(F)(F)F.[Ir]. The molecule has 10 heteroatoms. The molecule has 0 amide bonds. The van der Waals surface area contributed by atoms with Gasteiger partial charge in [0.25, 0.3) is 0 Å². The van der Waals surface area contributed by atoms with Crippen molar-refractivity contribution >= 4 is 44.9 Å². The fraction of sp³-hybridized carbons (Fsp3) is 0.176. The van der Waals surface area contributed by atoms with Crippen LogP contribution in [0.25, 0.3) is 0 Å². The maximum Gasteiger partial charge on any atom is 0 e. The molecule has 0 atom stereocenters. The molecule has 0 aliphatic heterocycles. The Morgan fingerprint density at radius 1 is 0.386 bits per heavy atom. The van der Waals surface area contributed by atoms with E-state index in [1.807, 2.05) is 0 Å². The van der Waals surface area contributed by atoms with Gasteiger partial charge in [-0.2, -0.15) is 0 Å². The van der Waals surface area contributed by atoms with Gasteiger partial charge in [-0.05, 0) is 76.1 Å². The number of allylic oxidation sites excluding steroid dienone is 4. The first-order valence-electron chi connectivity index (χ1n) is 13.7. The van der Waals surface area contributed by atoms with E-state index in [9.17, 15) is 25.2 Å². The van der Waals surface area contributed by atoms with E-state index in [4.69, 9.17) is 0 Å².